The average Bonchev–Trinajstić information content (AvgIpc) is 2.94. The molecule has 2 heterocycles. The Morgan fingerprint density at radius 2 is 1.96 bits per heavy atom. The normalized spacial score (nSPS) is 15.0. The molecule has 1 saturated heterocycles. The Balaban J connectivity index is 1.55. The van der Waals surface area contributed by atoms with Crippen molar-refractivity contribution in [1.82, 2.24) is 20.0 Å². The van der Waals surface area contributed by atoms with E-state index in [4.69, 9.17) is 11.6 Å². The summed E-state index contributed by atoms with van der Waals surface area (Å²) in [5.74, 6) is -0.481. The first-order chi connectivity index (χ1) is 13.4. The van der Waals surface area contributed by atoms with Gasteiger partial charge in [-0.25, -0.2) is 4.39 Å². The molecule has 0 radical (unpaired) electrons. The quantitative estimate of drug-likeness (QED) is 0.763. The van der Waals surface area contributed by atoms with E-state index >= 15 is 0 Å². The number of rotatable bonds is 7. The van der Waals surface area contributed by atoms with Crippen molar-refractivity contribution in [3.63, 3.8) is 0 Å². The van der Waals surface area contributed by atoms with Crippen LogP contribution in [0.5, 0.6) is 0 Å². The monoisotopic (exact) mass is 406 g/mol. The lowest BCUT2D eigenvalue weighted by molar-refractivity contribution is -0.120. The minimum Gasteiger partial charge on any atom is -0.352 e. The molecule has 1 N–H and O–H groups in total. The van der Waals surface area contributed by atoms with Gasteiger partial charge in [-0.15, -0.1) is 0 Å². The second-order valence-corrected chi connectivity index (χ2v) is 7.87. The zero-order chi connectivity index (χ0) is 20.1. The zero-order valence-electron chi connectivity index (χ0n) is 16.6. The van der Waals surface area contributed by atoms with E-state index in [-0.39, 0.29) is 24.7 Å². The minimum atomic E-state index is -0.386. The topological polar surface area (TPSA) is 50.2 Å². The molecule has 0 bridgehead atoms. The highest BCUT2D eigenvalue weighted by Crippen LogP contribution is 2.18. The number of halogens is 2. The van der Waals surface area contributed by atoms with Gasteiger partial charge in [0.15, 0.2) is 0 Å². The van der Waals surface area contributed by atoms with E-state index in [9.17, 15) is 9.18 Å². The van der Waals surface area contributed by atoms with E-state index in [0.717, 1.165) is 30.0 Å². The van der Waals surface area contributed by atoms with Gasteiger partial charge in [-0.05, 0) is 57.5 Å². The van der Waals surface area contributed by atoms with Gasteiger partial charge in [0.05, 0.1) is 18.7 Å². The maximum Gasteiger partial charge on any atom is 0.224 e. The Morgan fingerprint density at radius 1 is 1.21 bits per heavy atom. The summed E-state index contributed by atoms with van der Waals surface area (Å²) < 4.78 is 15.1. The van der Waals surface area contributed by atoms with Gasteiger partial charge in [-0.1, -0.05) is 24.1 Å². The highest BCUT2D eigenvalue weighted by molar-refractivity contribution is 6.31. The summed E-state index contributed by atoms with van der Waals surface area (Å²) in [6.45, 7) is 8.43. The first kappa shape index (κ1) is 20.8. The van der Waals surface area contributed by atoms with E-state index in [1.807, 2.05) is 18.5 Å². The molecule has 0 spiro atoms. The van der Waals surface area contributed by atoms with Crippen LogP contribution in [0.3, 0.4) is 0 Å². The predicted molar refractivity (Wildman–Crippen MR) is 109 cm³/mol. The lowest BCUT2D eigenvalue weighted by Crippen LogP contribution is -2.33. The fourth-order valence-corrected chi connectivity index (χ4v) is 3.94. The van der Waals surface area contributed by atoms with Crippen LogP contribution in [0, 0.1) is 19.7 Å². The molecular formula is C21H28ClFN4O. The summed E-state index contributed by atoms with van der Waals surface area (Å²) in [5, 5.41) is 7.82. The van der Waals surface area contributed by atoms with Crippen molar-refractivity contribution in [1.29, 1.82) is 0 Å². The predicted octanol–water partition coefficient (Wildman–Crippen LogP) is 3.64. The number of hydrogen-bond acceptors (Lipinski definition) is 3. The van der Waals surface area contributed by atoms with E-state index < -0.39 is 0 Å². The molecule has 1 aliphatic heterocycles. The van der Waals surface area contributed by atoms with Crippen LogP contribution in [0.1, 0.15) is 41.8 Å². The molecule has 1 fully saturated rings. The number of carbonyl (C=O) groups excluding carboxylic acids is 1. The Kier molecular flexibility index (Phi) is 7.08. The molecule has 5 nitrogen and oxygen atoms in total. The SMILES string of the molecule is Cc1nn(CCN2CCCCC2)c(C)c1CC(=O)NCc1ccc(F)cc1Cl. The number of hydrogen-bond donors (Lipinski definition) is 1. The van der Waals surface area contributed by atoms with Crippen LogP contribution in [0.25, 0.3) is 0 Å². The van der Waals surface area contributed by atoms with Gasteiger partial charge in [0, 0.05) is 29.4 Å². The number of amides is 1. The smallest absolute Gasteiger partial charge is 0.224 e. The van der Waals surface area contributed by atoms with E-state index in [1.165, 1.54) is 44.5 Å². The van der Waals surface area contributed by atoms with Crippen LogP contribution >= 0.6 is 11.6 Å². The number of aryl methyl sites for hydroxylation is 1. The number of carbonyl (C=O) groups is 1. The third-order valence-corrected chi connectivity index (χ3v) is 5.79. The largest absolute Gasteiger partial charge is 0.352 e. The molecule has 1 aromatic heterocycles. The summed E-state index contributed by atoms with van der Waals surface area (Å²) in [6, 6.07) is 4.19. The summed E-state index contributed by atoms with van der Waals surface area (Å²) in [5.41, 5.74) is 3.61. The third-order valence-electron chi connectivity index (χ3n) is 5.44. The van der Waals surface area contributed by atoms with Crippen LogP contribution in [-0.4, -0.2) is 40.2 Å². The number of nitrogens with zero attached hydrogens (tertiary/aromatic N) is 3. The highest BCUT2D eigenvalue weighted by atomic mass is 35.5. The van der Waals surface area contributed by atoms with E-state index in [2.05, 4.69) is 15.3 Å². The minimum absolute atomic E-state index is 0.0952. The van der Waals surface area contributed by atoms with Crippen molar-refractivity contribution in [2.45, 2.75) is 52.6 Å². The molecule has 0 atom stereocenters. The van der Waals surface area contributed by atoms with Crippen LogP contribution in [0.4, 0.5) is 4.39 Å². The summed E-state index contributed by atoms with van der Waals surface area (Å²) in [7, 11) is 0. The molecule has 0 unspecified atom stereocenters. The number of nitrogens with one attached hydrogen (secondary N) is 1. The van der Waals surface area contributed by atoms with Crippen LogP contribution in [0.15, 0.2) is 18.2 Å². The number of benzene rings is 1. The van der Waals surface area contributed by atoms with Crippen molar-refractivity contribution in [2.24, 2.45) is 0 Å². The van der Waals surface area contributed by atoms with Gasteiger partial charge >= 0.3 is 0 Å². The maximum atomic E-state index is 13.1. The first-order valence-electron chi connectivity index (χ1n) is 9.90. The van der Waals surface area contributed by atoms with Gasteiger partial charge < -0.3 is 10.2 Å². The van der Waals surface area contributed by atoms with E-state index in [1.54, 1.807) is 6.07 Å². The summed E-state index contributed by atoms with van der Waals surface area (Å²) >= 11 is 6.02. The molecule has 0 aliphatic carbocycles. The lowest BCUT2D eigenvalue weighted by Gasteiger charge is -2.26. The van der Waals surface area contributed by atoms with Crippen LogP contribution < -0.4 is 5.32 Å². The molecule has 1 aliphatic rings. The molecule has 0 saturated carbocycles. The molecule has 1 amide bonds. The van der Waals surface area contributed by atoms with Crippen molar-refractivity contribution < 1.29 is 9.18 Å². The number of piperidine rings is 1. The first-order valence-corrected chi connectivity index (χ1v) is 10.3. The van der Waals surface area contributed by atoms with Gasteiger partial charge in [-0.2, -0.15) is 5.10 Å². The standard InChI is InChI=1S/C21H28ClFN4O/c1-15-19(13-21(28)24-14-17-6-7-18(23)12-20(17)22)16(2)27(25-15)11-10-26-8-4-3-5-9-26/h6-7,12H,3-5,8-11,13-14H2,1-2H3,(H,24,28). The maximum absolute atomic E-state index is 13.1. The molecule has 1 aromatic carbocycles. The molecule has 2 aromatic rings. The average molecular weight is 407 g/mol. The Hall–Kier alpha value is -1.92. The fourth-order valence-electron chi connectivity index (χ4n) is 3.71. The molecule has 152 valence electrons. The Bertz CT molecular complexity index is 830. The number of likely N-dealkylation sites (tertiary alicyclic amines) is 1. The van der Waals surface area contributed by atoms with Gasteiger partial charge in [0.1, 0.15) is 5.82 Å². The Morgan fingerprint density at radius 3 is 2.68 bits per heavy atom. The second-order valence-electron chi connectivity index (χ2n) is 7.46. The van der Waals surface area contributed by atoms with Gasteiger partial charge in [0.25, 0.3) is 0 Å². The summed E-state index contributed by atoms with van der Waals surface area (Å²) in [4.78, 5) is 14.9. The fraction of sp³-hybridized carbons (Fsp3) is 0.524. The van der Waals surface area contributed by atoms with Crippen molar-refractivity contribution in [3.8, 4) is 0 Å². The van der Waals surface area contributed by atoms with E-state index in [0.29, 0.717) is 10.6 Å². The second kappa shape index (κ2) is 9.52. The molecule has 3 rings (SSSR count). The Labute approximate surface area is 170 Å². The van der Waals surface area contributed by atoms with Crippen molar-refractivity contribution >= 4 is 17.5 Å². The van der Waals surface area contributed by atoms with Gasteiger partial charge in [0.2, 0.25) is 5.91 Å². The van der Waals surface area contributed by atoms with Crippen molar-refractivity contribution in [3.05, 3.63) is 51.6 Å². The third kappa shape index (κ3) is 5.32. The summed E-state index contributed by atoms with van der Waals surface area (Å²) in [6.07, 6.45) is 4.17. The molecule has 7 heteroatoms. The zero-order valence-corrected chi connectivity index (χ0v) is 17.4. The number of aromatic nitrogens is 2. The van der Waals surface area contributed by atoms with Crippen LogP contribution in [0.2, 0.25) is 5.02 Å². The molecule has 28 heavy (non-hydrogen) atoms. The lowest BCUT2D eigenvalue weighted by atomic mass is 10.1. The highest BCUT2D eigenvalue weighted by Gasteiger charge is 2.16. The molecular weight excluding hydrogens is 379 g/mol. The van der Waals surface area contributed by atoms with Gasteiger partial charge in [-0.3, -0.25) is 9.48 Å². The van der Waals surface area contributed by atoms with Crippen LogP contribution in [-0.2, 0) is 24.3 Å². The van der Waals surface area contributed by atoms with Crippen molar-refractivity contribution in [2.75, 3.05) is 19.6 Å².